The standard InChI is InChI=1S/C19H23NO/c1-13-3-2-4-17(20-13)18(21)5-6-19-10-14-7-15(11-19)9-16(8-14)12-19/h2-6,14-16H,7-12H2,1H3. The van der Waals surface area contributed by atoms with E-state index in [1.54, 1.807) is 0 Å². The Kier molecular flexibility index (Phi) is 3.02. The molecule has 0 atom stereocenters. The molecule has 4 aliphatic carbocycles. The maximum absolute atomic E-state index is 12.3. The highest BCUT2D eigenvalue weighted by molar-refractivity contribution is 6.03. The first kappa shape index (κ1) is 13.2. The lowest BCUT2D eigenvalue weighted by atomic mass is 9.49. The van der Waals surface area contributed by atoms with E-state index in [0.717, 1.165) is 23.4 Å². The average molecular weight is 281 g/mol. The van der Waals surface area contributed by atoms with Gasteiger partial charge in [-0.05, 0) is 86.8 Å². The second kappa shape index (κ2) is 4.79. The zero-order valence-corrected chi connectivity index (χ0v) is 12.7. The van der Waals surface area contributed by atoms with Crippen LogP contribution in [0.4, 0.5) is 0 Å². The van der Waals surface area contributed by atoms with Gasteiger partial charge in [0.15, 0.2) is 0 Å². The van der Waals surface area contributed by atoms with Crippen LogP contribution in [0.15, 0.2) is 30.4 Å². The Labute approximate surface area is 126 Å². The number of hydrogen-bond donors (Lipinski definition) is 0. The summed E-state index contributed by atoms with van der Waals surface area (Å²) in [5.41, 5.74) is 1.81. The van der Waals surface area contributed by atoms with Gasteiger partial charge in [-0.1, -0.05) is 12.1 Å². The van der Waals surface area contributed by atoms with Gasteiger partial charge < -0.3 is 0 Å². The molecule has 0 amide bonds. The van der Waals surface area contributed by atoms with Gasteiger partial charge in [0.05, 0.1) is 0 Å². The van der Waals surface area contributed by atoms with Crippen molar-refractivity contribution in [3.63, 3.8) is 0 Å². The number of rotatable bonds is 3. The minimum absolute atomic E-state index is 0.0643. The topological polar surface area (TPSA) is 30.0 Å². The highest BCUT2D eigenvalue weighted by atomic mass is 16.1. The van der Waals surface area contributed by atoms with E-state index in [2.05, 4.69) is 11.1 Å². The Hall–Kier alpha value is -1.44. The van der Waals surface area contributed by atoms with E-state index < -0.39 is 0 Å². The lowest BCUT2D eigenvalue weighted by molar-refractivity contribution is -0.0238. The molecule has 0 aromatic carbocycles. The maximum atomic E-state index is 12.3. The average Bonchev–Trinajstić information content (AvgIpc) is 2.43. The summed E-state index contributed by atoms with van der Waals surface area (Å²) < 4.78 is 0. The van der Waals surface area contributed by atoms with Gasteiger partial charge in [-0.3, -0.25) is 4.79 Å². The largest absolute Gasteiger partial charge is 0.288 e. The molecule has 2 nitrogen and oxygen atoms in total. The first-order valence-corrected chi connectivity index (χ1v) is 8.29. The third kappa shape index (κ3) is 2.45. The second-order valence-corrected chi connectivity index (χ2v) is 7.64. The fraction of sp³-hybridized carbons (Fsp3) is 0.579. The molecule has 1 heterocycles. The summed E-state index contributed by atoms with van der Waals surface area (Å²) in [7, 11) is 0. The molecule has 110 valence electrons. The van der Waals surface area contributed by atoms with E-state index >= 15 is 0 Å². The van der Waals surface area contributed by atoms with E-state index in [1.165, 1.54) is 38.5 Å². The molecule has 2 heteroatoms. The van der Waals surface area contributed by atoms with Gasteiger partial charge in [-0.2, -0.15) is 0 Å². The highest BCUT2D eigenvalue weighted by Gasteiger charge is 2.49. The van der Waals surface area contributed by atoms with Crippen molar-refractivity contribution in [3.8, 4) is 0 Å². The minimum Gasteiger partial charge on any atom is -0.288 e. The molecule has 0 unspecified atom stereocenters. The summed E-state index contributed by atoms with van der Waals surface area (Å²) in [5, 5.41) is 0. The molecule has 21 heavy (non-hydrogen) atoms. The first-order valence-electron chi connectivity index (χ1n) is 8.29. The second-order valence-electron chi connectivity index (χ2n) is 7.64. The van der Waals surface area contributed by atoms with Crippen molar-refractivity contribution < 1.29 is 4.79 Å². The van der Waals surface area contributed by atoms with Gasteiger partial charge in [0.1, 0.15) is 5.69 Å². The Morgan fingerprint density at radius 3 is 2.33 bits per heavy atom. The van der Waals surface area contributed by atoms with Crippen LogP contribution in [0.1, 0.15) is 54.7 Å². The van der Waals surface area contributed by atoms with Crippen LogP contribution < -0.4 is 0 Å². The normalized spacial score (nSPS) is 37.3. The first-order chi connectivity index (χ1) is 10.1. The molecule has 0 N–H and O–H groups in total. The zero-order valence-electron chi connectivity index (χ0n) is 12.7. The molecule has 4 bridgehead atoms. The third-order valence-electron chi connectivity index (χ3n) is 5.81. The van der Waals surface area contributed by atoms with Crippen LogP contribution in [-0.2, 0) is 0 Å². The monoisotopic (exact) mass is 281 g/mol. The number of hydrogen-bond acceptors (Lipinski definition) is 2. The number of nitrogens with zero attached hydrogens (tertiary/aromatic N) is 1. The van der Waals surface area contributed by atoms with Crippen LogP contribution >= 0.6 is 0 Å². The number of aromatic nitrogens is 1. The maximum Gasteiger partial charge on any atom is 0.203 e. The van der Waals surface area contributed by atoms with Crippen LogP contribution in [0.25, 0.3) is 0 Å². The van der Waals surface area contributed by atoms with Crippen molar-refractivity contribution in [1.29, 1.82) is 0 Å². The van der Waals surface area contributed by atoms with Gasteiger partial charge in [0, 0.05) is 5.69 Å². The number of carbonyl (C=O) groups is 1. The summed E-state index contributed by atoms with van der Waals surface area (Å²) in [4.78, 5) is 16.7. The van der Waals surface area contributed by atoms with Crippen LogP contribution in [0.5, 0.6) is 0 Å². The van der Waals surface area contributed by atoms with Crippen molar-refractivity contribution >= 4 is 5.78 Å². The number of ketones is 1. The van der Waals surface area contributed by atoms with Gasteiger partial charge in [-0.15, -0.1) is 0 Å². The highest BCUT2D eigenvalue weighted by Crippen LogP contribution is 2.60. The zero-order chi connectivity index (χ0) is 14.4. The molecule has 1 aromatic heterocycles. The summed E-state index contributed by atoms with van der Waals surface area (Å²) >= 11 is 0. The lowest BCUT2D eigenvalue weighted by Gasteiger charge is -2.55. The van der Waals surface area contributed by atoms with E-state index in [4.69, 9.17) is 0 Å². The number of carbonyl (C=O) groups excluding carboxylic acids is 1. The van der Waals surface area contributed by atoms with Crippen LogP contribution in [-0.4, -0.2) is 10.8 Å². The Morgan fingerprint density at radius 2 is 1.76 bits per heavy atom. The predicted molar refractivity (Wildman–Crippen MR) is 83.0 cm³/mol. The van der Waals surface area contributed by atoms with Gasteiger partial charge >= 0.3 is 0 Å². The molecule has 1 aromatic rings. The molecule has 0 aliphatic heterocycles. The minimum atomic E-state index is 0.0643. The Balaban J connectivity index is 1.54. The molecule has 4 aliphatic rings. The fourth-order valence-electron chi connectivity index (χ4n) is 5.40. The SMILES string of the molecule is Cc1cccc(C(=O)C=CC23CC4CC(CC(C4)C2)C3)n1. The molecule has 4 fully saturated rings. The molecular formula is C19H23NO. The van der Waals surface area contributed by atoms with Crippen molar-refractivity contribution in [3.05, 3.63) is 41.7 Å². The number of allylic oxidation sites excluding steroid dienone is 2. The fourth-order valence-corrected chi connectivity index (χ4v) is 5.40. The molecule has 0 radical (unpaired) electrons. The van der Waals surface area contributed by atoms with E-state index in [-0.39, 0.29) is 5.78 Å². The van der Waals surface area contributed by atoms with E-state index in [9.17, 15) is 4.79 Å². The van der Waals surface area contributed by atoms with Gasteiger partial charge in [-0.25, -0.2) is 4.98 Å². The Morgan fingerprint density at radius 1 is 1.14 bits per heavy atom. The lowest BCUT2D eigenvalue weighted by Crippen LogP contribution is -2.45. The smallest absolute Gasteiger partial charge is 0.203 e. The number of pyridine rings is 1. The summed E-state index contributed by atoms with van der Waals surface area (Å²) in [5.74, 6) is 2.84. The number of aryl methyl sites for hydroxylation is 1. The third-order valence-corrected chi connectivity index (χ3v) is 5.81. The van der Waals surface area contributed by atoms with E-state index in [0.29, 0.717) is 11.1 Å². The van der Waals surface area contributed by atoms with Gasteiger partial charge in [0.25, 0.3) is 0 Å². The van der Waals surface area contributed by atoms with Crippen molar-refractivity contribution in [2.24, 2.45) is 23.2 Å². The summed E-state index contributed by atoms with van der Waals surface area (Å²) in [6, 6.07) is 5.66. The van der Waals surface area contributed by atoms with Crippen LogP contribution in [0.2, 0.25) is 0 Å². The molecule has 4 saturated carbocycles. The molecule has 0 saturated heterocycles. The van der Waals surface area contributed by atoms with Crippen molar-refractivity contribution in [2.45, 2.75) is 45.4 Å². The molecule has 0 spiro atoms. The predicted octanol–water partition coefficient (Wildman–Crippen LogP) is 4.35. The van der Waals surface area contributed by atoms with Crippen LogP contribution in [0.3, 0.4) is 0 Å². The van der Waals surface area contributed by atoms with E-state index in [1.807, 2.05) is 31.2 Å². The molecular weight excluding hydrogens is 258 g/mol. The summed E-state index contributed by atoms with van der Waals surface area (Å²) in [6.07, 6.45) is 12.3. The summed E-state index contributed by atoms with van der Waals surface area (Å²) in [6.45, 7) is 1.93. The quantitative estimate of drug-likeness (QED) is 0.609. The van der Waals surface area contributed by atoms with Gasteiger partial charge in [0.2, 0.25) is 5.78 Å². The molecule has 5 rings (SSSR count). The van der Waals surface area contributed by atoms with Crippen LogP contribution in [0, 0.1) is 30.1 Å². The van der Waals surface area contributed by atoms with Crippen molar-refractivity contribution in [1.82, 2.24) is 4.98 Å². The Bertz CT molecular complexity index is 566. The van der Waals surface area contributed by atoms with Crippen molar-refractivity contribution in [2.75, 3.05) is 0 Å².